The molecule has 0 aromatic carbocycles. The van der Waals surface area contributed by atoms with Crippen LogP contribution in [0.2, 0.25) is 0 Å². The van der Waals surface area contributed by atoms with Crippen molar-refractivity contribution in [1.82, 2.24) is 0 Å². The van der Waals surface area contributed by atoms with Gasteiger partial charge in [0.15, 0.2) is 18.9 Å². The van der Waals surface area contributed by atoms with Crippen molar-refractivity contribution in [1.29, 1.82) is 0 Å². The van der Waals surface area contributed by atoms with E-state index in [1.807, 2.05) is 0 Å². The minimum absolute atomic E-state index is 0.285. The first-order chi connectivity index (χ1) is 13.0. The number of hydrogen-bond donors (Lipinski definition) is 1. The number of hydrogen-bond acceptors (Lipinski definition) is 5. The first-order valence-electron chi connectivity index (χ1n) is 7.50. The maximum absolute atomic E-state index is 14.2. The topological polar surface area (TPSA) is 57.2 Å². The highest BCUT2D eigenvalue weighted by atomic mass is 19.4. The average molecular weight is 480 g/mol. The van der Waals surface area contributed by atoms with Crippen molar-refractivity contribution in [2.45, 2.75) is 75.5 Å². The van der Waals surface area contributed by atoms with Crippen LogP contribution in [0.25, 0.3) is 0 Å². The van der Waals surface area contributed by atoms with Gasteiger partial charge in [-0.1, -0.05) is 0 Å². The van der Waals surface area contributed by atoms with Crippen LogP contribution in [0.3, 0.4) is 0 Å². The van der Waals surface area contributed by atoms with E-state index in [4.69, 9.17) is 9.84 Å². The van der Waals surface area contributed by atoms with Gasteiger partial charge in [-0.2, -0.15) is 52.7 Å². The zero-order valence-electron chi connectivity index (χ0n) is 15.3. The summed E-state index contributed by atoms with van der Waals surface area (Å²) >= 11 is 0. The van der Waals surface area contributed by atoms with Gasteiger partial charge in [0.25, 0.3) is 0 Å². The molecule has 182 valence electrons. The highest BCUT2D eigenvalue weighted by Gasteiger charge is 2.91. The van der Waals surface area contributed by atoms with Gasteiger partial charge in [0.2, 0.25) is 0 Å². The van der Waals surface area contributed by atoms with Gasteiger partial charge in [0, 0.05) is 7.11 Å². The van der Waals surface area contributed by atoms with E-state index in [1.54, 1.807) is 0 Å². The summed E-state index contributed by atoms with van der Waals surface area (Å²) in [6.07, 6.45) is -19.7. The molecule has 0 saturated carbocycles. The molecule has 4 atom stereocenters. The van der Waals surface area contributed by atoms with Gasteiger partial charge in [0.1, 0.15) is 0 Å². The number of halogens is 12. The molecule has 17 heteroatoms. The predicted octanol–water partition coefficient (Wildman–Crippen LogP) is 4.44. The predicted molar refractivity (Wildman–Crippen MR) is 70.6 cm³/mol. The summed E-state index contributed by atoms with van der Waals surface area (Å²) < 4.78 is 173. The van der Waals surface area contributed by atoms with E-state index in [2.05, 4.69) is 14.2 Å². The fourth-order valence-electron chi connectivity index (χ4n) is 1.79. The van der Waals surface area contributed by atoms with E-state index in [9.17, 15) is 52.7 Å². The maximum atomic E-state index is 14.2. The Balaban J connectivity index is 6.08. The molecule has 0 aromatic rings. The van der Waals surface area contributed by atoms with Crippen LogP contribution in [0, 0.1) is 0 Å². The molecular weight excluding hydrogens is 464 g/mol. The molecule has 0 fully saturated rings. The Hall–Kier alpha value is -1.04. The number of alkyl halides is 12. The summed E-state index contributed by atoms with van der Waals surface area (Å²) in [6, 6.07) is 0. The molecule has 1 N–H and O–H groups in total. The van der Waals surface area contributed by atoms with Gasteiger partial charge < -0.3 is 24.1 Å². The van der Waals surface area contributed by atoms with Crippen molar-refractivity contribution in [2.75, 3.05) is 7.11 Å². The number of ether oxygens (including phenoxy) is 4. The molecule has 0 saturated heterocycles. The van der Waals surface area contributed by atoms with E-state index in [1.165, 1.54) is 6.92 Å². The van der Waals surface area contributed by atoms with Crippen LogP contribution in [-0.2, 0) is 18.9 Å². The molecule has 0 spiro atoms. The Morgan fingerprint density at radius 2 is 1.00 bits per heavy atom. The zero-order chi connectivity index (χ0) is 24.6. The second-order valence-corrected chi connectivity index (χ2v) is 5.69. The van der Waals surface area contributed by atoms with Crippen molar-refractivity contribution in [3.8, 4) is 0 Å². The highest BCUT2D eigenvalue weighted by Crippen LogP contribution is 2.59. The molecule has 4 unspecified atom stereocenters. The summed E-state index contributed by atoms with van der Waals surface area (Å²) in [5.74, 6) is -30.0. The normalized spacial score (nSPS) is 19.9. The lowest BCUT2D eigenvalue weighted by molar-refractivity contribution is -0.499. The van der Waals surface area contributed by atoms with Crippen LogP contribution < -0.4 is 0 Å². The SMILES string of the molecule is COC(C)OC(C)OC(C)OC(F)(C(O)(F)F)C(F)(F)C(F)(F)C(F)(F)C(F)(F)F. The molecule has 30 heavy (non-hydrogen) atoms. The summed E-state index contributed by atoms with van der Waals surface area (Å²) in [4.78, 5) is 0. The molecule has 0 rings (SSSR count). The minimum Gasteiger partial charge on any atom is -0.356 e. The molecule has 0 amide bonds. The molecule has 0 heterocycles. The molecule has 0 aliphatic heterocycles. The summed E-state index contributed by atoms with van der Waals surface area (Å²) in [5, 5.41) is 8.29. The van der Waals surface area contributed by atoms with Crippen molar-refractivity contribution >= 4 is 0 Å². The van der Waals surface area contributed by atoms with Gasteiger partial charge in [-0.25, -0.2) is 0 Å². The van der Waals surface area contributed by atoms with Crippen LogP contribution in [0.4, 0.5) is 52.7 Å². The standard InChI is InChI=1S/C13H16F12O5/c1-5(27-4)28-6(2)29-7(3)30-11(20,13(24,25)26)9(16,17)8(14,15)10(18,19)12(21,22)23/h5-7,26H,1-4H3. The van der Waals surface area contributed by atoms with Crippen LogP contribution >= 0.6 is 0 Å². The van der Waals surface area contributed by atoms with Gasteiger partial charge in [-0.15, -0.1) is 0 Å². The van der Waals surface area contributed by atoms with Gasteiger partial charge in [-0.05, 0) is 20.8 Å². The van der Waals surface area contributed by atoms with Crippen molar-refractivity contribution in [3.63, 3.8) is 0 Å². The monoisotopic (exact) mass is 480 g/mol. The van der Waals surface area contributed by atoms with Crippen LogP contribution in [-0.4, -0.2) is 67.0 Å². The first kappa shape index (κ1) is 29.0. The maximum Gasteiger partial charge on any atom is 0.460 e. The van der Waals surface area contributed by atoms with Crippen LogP contribution in [0.5, 0.6) is 0 Å². The quantitative estimate of drug-likeness (QED) is 0.350. The van der Waals surface area contributed by atoms with Crippen molar-refractivity contribution in [2.24, 2.45) is 0 Å². The first-order valence-corrected chi connectivity index (χ1v) is 7.50. The molecule has 0 aliphatic rings. The Labute approximate surface area is 160 Å². The molecule has 0 bridgehead atoms. The Kier molecular flexibility index (Phi) is 8.53. The molecule has 0 aliphatic carbocycles. The lowest BCUT2D eigenvalue weighted by atomic mass is 9.96. The lowest BCUT2D eigenvalue weighted by Crippen LogP contribution is -2.72. The van der Waals surface area contributed by atoms with Crippen LogP contribution in [0.1, 0.15) is 20.8 Å². The third kappa shape index (κ3) is 5.23. The van der Waals surface area contributed by atoms with E-state index in [0.717, 1.165) is 14.0 Å². The number of rotatable bonds is 11. The van der Waals surface area contributed by atoms with Crippen molar-refractivity contribution < 1.29 is 76.7 Å². The third-order valence-electron chi connectivity index (χ3n) is 3.36. The largest absolute Gasteiger partial charge is 0.460 e. The fraction of sp³-hybridized carbons (Fsp3) is 1.00. The summed E-state index contributed by atoms with van der Waals surface area (Å²) in [5.41, 5.74) is 0. The van der Waals surface area contributed by atoms with Crippen molar-refractivity contribution in [3.05, 3.63) is 0 Å². The molecular formula is C13H16F12O5. The number of methoxy groups -OCH3 is 1. The molecule has 0 aromatic heterocycles. The second-order valence-electron chi connectivity index (χ2n) is 5.69. The average Bonchev–Trinajstić information content (AvgIpc) is 2.51. The summed E-state index contributed by atoms with van der Waals surface area (Å²) in [7, 11) is 1.08. The Bertz CT molecular complexity index is 564. The van der Waals surface area contributed by atoms with Crippen LogP contribution in [0.15, 0.2) is 0 Å². The van der Waals surface area contributed by atoms with Gasteiger partial charge in [0.05, 0.1) is 0 Å². The van der Waals surface area contributed by atoms with E-state index < -0.39 is 54.8 Å². The van der Waals surface area contributed by atoms with E-state index in [-0.39, 0.29) is 6.92 Å². The smallest absolute Gasteiger partial charge is 0.356 e. The second kappa shape index (κ2) is 8.84. The lowest BCUT2D eigenvalue weighted by Gasteiger charge is -2.42. The zero-order valence-corrected chi connectivity index (χ0v) is 15.3. The van der Waals surface area contributed by atoms with E-state index in [0.29, 0.717) is 0 Å². The Morgan fingerprint density at radius 3 is 1.33 bits per heavy atom. The fourth-order valence-corrected chi connectivity index (χ4v) is 1.79. The molecule has 5 nitrogen and oxygen atoms in total. The number of aliphatic hydroxyl groups is 1. The summed E-state index contributed by atoms with van der Waals surface area (Å²) in [6.45, 7) is 2.39. The highest BCUT2D eigenvalue weighted by molar-refractivity contribution is 5.08. The third-order valence-corrected chi connectivity index (χ3v) is 3.36. The minimum atomic E-state index is -7.86. The van der Waals surface area contributed by atoms with E-state index >= 15 is 0 Å². The Morgan fingerprint density at radius 1 is 0.600 bits per heavy atom. The van der Waals surface area contributed by atoms with Gasteiger partial charge >= 0.3 is 35.9 Å². The van der Waals surface area contributed by atoms with Gasteiger partial charge in [-0.3, -0.25) is 0 Å². The molecule has 0 radical (unpaired) electrons.